The molecule has 0 radical (unpaired) electrons. The molecule has 4 heteroatoms. The summed E-state index contributed by atoms with van der Waals surface area (Å²) in [4.78, 5) is 5.60. The molecule has 96 valence electrons. The van der Waals surface area contributed by atoms with Gasteiger partial charge in [-0.25, -0.2) is 9.37 Å². The van der Waals surface area contributed by atoms with Crippen molar-refractivity contribution in [3.8, 4) is 0 Å². The number of aryl methyl sites for hydroxylation is 2. The van der Waals surface area contributed by atoms with E-state index in [4.69, 9.17) is 0 Å². The first kappa shape index (κ1) is 13.2. The van der Waals surface area contributed by atoms with Crippen molar-refractivity contribution < 1.29 is 9.50 Å². The number of aromatic nitrogens is 1. The van der Waals surface area contributed by atoms with Crippen LogP contribution in [0.1, 0.15) is 21.1 Å². The zero-order valence-electron chi connectivity index (χ0n) is 10.5. The summed E-state index contributed by atoms with van der Waals surface area (Å²) < 4.78 is 12.7. The Labute approximate surface area is 110 Å². The first-order valence-electron chi connectivity index (χ1n) is 5.90. The SMILES string of the molecule is Cc1nc(CC(O)Cc2ccc(F)cc2)sc1C. The Morgan fingerprint density at radius 2 is 1.89 bits per heavy atom. The fraction of sp³-hybridized carbons (Fsp3) is 0.357. The van der Waals surface area contributed by atoms with Gasteiger partial charge in [0.2, 0.25) is 0 Å². The van der Waals surface area contributed by atoms with Crippen molar-refractivity contribution in [2.75, 3.05) is 0 Å². The third-order valence-corrected chi connectivity index (χ3v) is 3.96. The molecule has 1 heterocycles. The van der Waals surface area contributed by atoms with Crippen LogP contribution in [0.3, 0.4) is 0 Å². The molecule has 0 fully saturated rings. The van der Waals surface area contributed by atoms with E-state index in [1.807, 2.05) is 13.8 Å². The molecule has 0 aliphatic heterocycles. The van der Waals surface area contributed by atoms with E-state index in [9.17, 15) is 9.50 Å². The molecule has 1 aromatic heterocycles. The van der Waals surface area contributed by atoms with Crippen LogP contribution in [-0.4, -0.2) is 16.2 Å². The van der Waals surface area contributed by atoms with Gasteiger partial charge in [0.1, 0.15) is 5.82 Å². The number of rotatable bonds is 4. The van der Waals surface area contributed by atoms with E-state index in [1.165, 1.54) is 17.0 Å². The number of benzene rings is 1. The van der Waals surface area contributed by atoms with Crippen LogP contribution in [0.2, 0.25) is 0 Å². The number of thiazole rings is 1. The predicted molar refractivity (Wildman–Crippen MR) is 71.4 cm³/mol. The number of aliphatic hydroxyl groups excluding tert-OH is 1. The van der Waals surface area contributed by atoms with Crippen molar-refractivity contribution in [2.24, 2.45) is 0 Å². The normalized spacial score (nSPS) is 12.7. The van der Waals surface area contributed by atoms with E-state index < -0.39 is 6.10 Å². The highest BCUT2D eigenvalue weighted by atomic mass is 32.1. The van der Waals surface area contributed by atoms with Gasteiger partial charge in [0.25, 0.3) is 0 Å². The zero-order valence-corrected chi connectivity index (χ0v) is 11.3. The van der Waals surface area contributed by atoms with Crippen LogP contribution in [0.5, 0.6) is 0 Å². The van der Waals surface area contributed by atoms with E-state index >= 15 is 0 Å². The maximum absolute atomic E-state index is 12.7. The molecule has 0 aliphatic carbocycles. The molecule has 0 aliphatic rings. The molecule has 1 aromatic carbocycles. The van der Waals surface area contributed by atoms with Crippen LogP contribution >= 0.6 is 11.3 Å². The number of aliphatic hydroxyl groups is 1. The maximum Gasteiger partial charge on any atom is 0.123 e. The summed E-state index contributed by atoms with van der Waals surface area (Å²) in [5.74, 6) is -0.251. The Morgan fingerprint density at radius 1 is 1.22 bits per heavy atom. The summed E-state index contributed by atoms with van der Waals surface area (Å²) in [6.45, 7) is 4.00. The quantitative estimate of drug-likeness (QED) is 0.921. The molecular formula is C14H16FNOS. The van der Waals surface area contributed by atoms with Gasteiger partial charge in [0, 0.05) is 11.3 Å². The topological polar surface area (TPSA) is 33.1 Å². The van der Waals surface area contributed by atoms with Crippen molar-refractivity contribution in [3.05, 3.63) is 51.2 Å². The van der Waals surface area contributed by atoms with Gasteiger partial charge in [-0.15, -0.1) is 11.3 Å². The van der Waals surface area contributed by atoms with Gasteiger partial charge in [-0.05, 0) is 38.0 Å². The highest BCUT2D eigenvalue weighted by Gasteiger charge is 2.11. The van der Waals surface area contributed by atoms with Gasteiger partial charge in [-0.1, -0.05) is 12.1 Å². The summed E-state index contributed by atoms with van der Waals surface area (Å²) in [6.07, 6.45) is 0.606. The molecule has 2 nitrogen and oxygen atoms in total. The van der Waals surface area contributed by atoms with E-state index in [0.29, 0.717) is 12.8 Å². The second kappa shape index (κ2) is 5.59. The molecule has 1 N–H and O–H groups in total. The van der Waals surface area contributed by atoms with E-state index in [-0.39, 0.29) is 5.82 Å². The monoisotopic (exact) mass is 265 g/mol. The van der Waals surface area contributed by atoms with Crippen LogP contribution in [0, 0.1) is 19.7 Å². The summed E-state index contributed by atoms with van der Waals surface area (Å²) in [5, 5.41) is 11.0. The summed E-state index contributed by atoms with van der Waals surface area (Å²) in [7, 11) is 0. The Hall–Kier alpha value is -1.26. The second-order valence-corrected chi connectivity index (χ2v) is 5.73. The van der Waals surface area contributed by atoms with Gasteiger partial charge in [0.15, 0.2) is 0 Å². The van der Waals surface area contributed by atoms with Gasteiger partial charge in [-0.3, -0.25) is 0 Å². The minimum Gasteiger partial charge on any atom is -0.392 e. The molecule has 2 rings (SSSR count). The molecule has 1 unspecified atom stereocenters. The Morgan fingerprint density at radius 3 is 2.44 bits per heavy atom. The average molecular weight is 265 g/mol. The molecule has 0 saturated carbocycles. The number of hydrogen-bond donors (Lipinski definition) is 1. The first-order valence-corrected chi connectivity index (χ1v) is 6.71. The highest BCUT2D eigenvalue weighted by molar-refractivity contribution is 7.11. The van der Waals surface area contributed by atoms with Crippen LogP contribution < -0.4 is 0 Å². The van der Waals surface area contributed by atoms with E-state index in [0.717, 1.165) is 16.3 Å². The molecule has 0 saturated heterocycles. The van der Waals surface area contributed by atoms with Crippen molar-refractivity contribution in [1.82, 2.24) is 4.98 Å². The maximum atomic E-state index is 12.7. The van der Waals surface area contributed by atoms with Gasteiger partial charge < -0.3 is 5.11 Å². The molecule has 1 atom stereocenters. The van der Waals surface area contributed by atoms with E-state index in [1.54, 1.807) is 23.5 Å². The molecule has 18 heavy (non-hydrogen) atoms. The molecule has 0 bridgehead atoms. The lowest BCUT2D eigenvalue weighted by molar-refractivity contribution is 0.175. The standard InChI is InChI=1S/C14H16FNOS/c1-9-10(2)18-14(16-9)8-13(17)7-11-3-5-12(15)6-4-11/h3-6,13,17H,7-8H2,1-2H3. The smallest absolute Gasteiger partial charge is 0.123 e. The minimum atomic E-state index is -0.472. The summed E-state index contributed by atoms with van der Waals surface area (Å²) in [6, 6.07) is 6.24. The van der Waals surface area contributed by atoms with Crippen LogP contribution in [0.25, 0.3) is 0 Å². The molecular weight excluding hydrogens is 249 g/mol. The second-order valence-electron chi connectivity index (χ2n) is 4.44. The molecule has 0 amide bonds. The summed E-state index contributed by atoms with van der Waals surface area (Å²) in [5.41, 5.74) is 1.97. The van der Waals surface area contributed by atoms with Gasteiger partial charge in [-0.2, -0.15) is 0 Å². The summed E-state index contributed by atoms with van der Waals surface area (Å²) >= 11 is 1.62. The number of halogens is 1. The van der Waals surface area contributed by atoms with Crippen molar-refractivity contribution >= 4 is 11.3 Å². The lowest BCUT2D eigenvalue weighted by Gasteiger charge is -2.08. The fourth-order valence-corrected chi connectivity index (χ4v) is 2.80. The lowest BCUT2D eigenvalue weighted by atomic mass is 10.1. The highest BCUT2D eigenvalue weighted by Crippen LogP contribution is 2.19. The Kier molecular flexibility index (Phi) is 4.09. The Balaban J connectivity index is 1.96. The Bertz CT molecular complexity index is 502. The van der Waals surface area contributed by atoms with Gasteiger partial charge >= 0.3 is 0 Å². The molecule has 0 spiro atoms. The first-order chi connectivity index (χ1) is 8.54. The van der Waals surface area contributed by atoms with E-state index in [2.05, 4.69) is 4.98 Å². The largest absolute Gasteiger partial charge is 0.392 e. The van der Waals surface area contributed by atoms with Crippen LogP contribution in [0.15, 0.2) is 24.3 Å². The average Bonchev–Trinajstić information content (AvgIpc) is 2.61. The van der Waals surface area contributed by atoms with Gasteiger partial charge in [0.05, 0.1) is 16.8 Å². The van der Waals surface area contributed by atoms with Crippen molar-refractivity contribution in [2.45, 2.75) is 32.8 Å². The fourth-order valence-electron chi connectivity index (χ4n) is 1.79. The third-order valence-electron chi connectivity index (χ3n) is 2.87. The zero-order chi connectivity index (χ0) is 13.1. The molecule has 2 aromatic rings. The van der Waals surface area contributed by atoms with Crippen LogP contribution in [0.4, 0.5) is 4.39 Å². The third kappa shape index (κ3) is 3.37. The van der Waals surface area contributed by atoms with Crippen molar-refractivity contribution in [3.63, 3.8) is 0 Å². The number of nitrogens with zero attached hydrogens (tertiary/aromatic N) is 1. The van der Waals surface area contributed by atoms with Crippen LogP contribution in [-0.2, 0) is 12.8 Å². The van der Waals surface area contributed by atoms with Crippen molar-refractivity contribution in [1.29, 1.82) is 0 Å². The number of hydrogen-bond acceptors (Lipinski definition) is 3. The predicted octanol–water partition coefficient (Wildman–Crippen LogP) is 3.05. The minimum absolute atomic E-state index is 0.251. The lowest BCUT2D eigenvalue weighted by Crippen LogP contribution is -2.13.